The molecule has 0 bridgehead atoms. The number of piperidine rings is 1. The number of primary amides is 1. The van der Waals surface area contributed by atoms with Crippen LogP contribution >= 0.6 is 0 Å². The number of likely N-dealkylation sites (tertiary alicyclic amines) is 1. The van der Waals surface area contributed by atoms with E-state index in [4.69, 9.17) is 10.5 Å². The van der Waals surface area contributed by atoms with Gasteiger partial charge in [-0.2, -0.15) is 0 Å². The van der Waals surface area contributed by atoms with Crippen molar-refractivity contribution >= 4 is 11.8 Å². The summed E-state index contributed by atoms with van der Waals surface area (Å²) in [4.78, 5) is 26.1. The standard InChI is InChI=1S/C20H22N2O3/c21-19(23)16-11-13-22(14-12-16)20(24)18(15-7-3-1-4-8-15)25-17-9-5-2-6-10-17/h1-10,16,18H,11-14H2,(H2,21,23). The average molecular weight is 338 g/mol. The van der Waals surface area contributed by atoms with Gasteiger partial charge < -0.3 is 15.4 Å². The van der Waals surface area contributed by atoms with Gasteiger partial charge in [0.2, 0.25) is 12.0 Å². The van der Waals surface area contributed by atoms with E-state index >= 15 is 0 Å². The van der Waals surface area contributed by atoms with E-state index in [1.54, 1.807) is 4.90 Å². The van der Waals surface area contributed by atoms with Gasteiger partial charge in [0.15, 0.2) is 0 Å². The minimum absolute atomic E-state index is 0.0852. The molecule has 5 nitrogen and oxygen atoms in total. The summed E-state index contributed by atoms with van der Waals surface area (Å²) >= 11 is 0. The molecule has 1 saturated heterocycles. The fourth-order valence-electron chi connectivity index (χ4n) is 3.07. The third-order valence-electron chi connectivity index (χ3n) is 4.53. The largest absolute Gasteiger partial charge is 0.476 e. The molecule has 1 aliphatic heterocycles. The highest BCUT2D eigenvalue weighted by Crippen LogP contribution is 2.26. The molecule has 0 saturated carbocycles. The van der Waals surface area contributed by atoms with E-state index in [-0.39, 0.29) is 17.7 Å². The van der Waals surface area contributed by atoms with Crippen molar-refractivity contribution in [2.45, 2.75) is 18.9 Å². The topological polar surface area (TPSA) is 72.6 Å². The molecule has 3 rings (SSSR count). The zero-order valence-electron chi connectivity index (χ0n) is 14.0. The van der Waals surface area contributed by atoms with Crippen molar-refractivity contribution < 1.29 is 14.3 Å². The first-order valence-electron chi connectivity index (χ1n) is 8.50. The van der Waals surface area contributed by atoms with E-state index in [2.05, 4.69) is 0 Å². The molecule has 1 heterocycles. The number of ether oxygens (including phenoxy) is 1. The molecule has 1 atom stereocenters. The van der Waals surface area contributed by atoms with Gasteiger partial charge in [0.25, 0.3) is 5.91 Å². The predicted octanol–water partition coefficient (Wildman–Crippen LogP) is 2.53. The van der Waals surface area contributed by atoms with Gasteiger partial charge >= 0.3 is 0 Å². The van der Waals surface area contributed by atoms with Gasteiger partial charge in [0.05, 0.1) is 0 Å². The third kappa shape index (κ3) is 4.18. The van der Waals surface area contributed by atoms with Crippen LogP contribution in [0.1, 0.15) is 24.5 Å². The van der Waals surface area contributed by atoms with Crippen molar-refractivity contribution in [2.24, 2.45) is 11.7 Å². The molecule has 2 N–H and O–H groups in total. The molecule has 2 aromatic carbocycles. The second-order valence-corrected chi connectivity index (χ2v) is 6.22. The Labute approximate surface area is 147 Å². The van der Waals surface area contributed by atoms with Crippen molar-refractivity contribution in [2.75, 3.05) is 13.1 Å². The first-order chi connectivity index (χ1) is 12.1. The molecular weight excluding hydrogens is 316 g/mol. The molecule has 2 aromatic rings. The van der Waals surface area contributed by atoms with Crippen LogP contribution in [0.4, 0.5) is 0 Å². The maximum Gasteiger partial charge on any atom is 0.268 e. The molecule has 0 spiro atoms. The molecule has 1 fully saturated rings. The zero-order chi connectivity index (χ0) is 17.6. The van der Waals surface area contributed by atoms with Crippen LogP contribution in [0.3, 0.4) is 0 Å². The summed E-state index contributed by atoms with van der Waals surface area (Å²) in [6.45, 7) is 1.04. The molecule has 2 amide bonds. The van der Waals surface area contributed by atoms with E-state index < -0.39 is 6.10 Å². The minimum atomic E-state index is -0.700. The molecular formula is C20H22N2O3. The highest BCUT2D eigenvalue weighted by Gasteiger charge is 2.32. The van der Waals surface area contributed by atoms with Crippen LogP contribution in [-0.4, -0.2) is 29.8 Å². The summed E-state index contributed by atoms with van der Waals surface area (Å²) in [6.07, 6.45) is 0.510. The number of hydrogen-bond acceptors (Lipinski definition) is 3. The van der Waals surface area contributed by atoms with Crippen LogP contribution in [0.15, 0.2) is 60.7 Å². The van der Waals surface area contributed by atoms with Gasteiger partial charge in [-0.15, -0.1) is 0 Å². The van der Waals surface area contributed by atoms with Crippen molar-refractivity contribution in [3.05, 3.63) is 66.2 Å². The molecule has 0 radical (unpaired) electrons. The van der Waals surface area contributed by atoms with Gasteiger partial charge in [-0.1, -0.05) is 48.5 Å². The molecule has 0 aliphatic carbocycles. The monoisotopic (exact) mass is 338 g/mol. The van der Waals surface area contributed by atoms with Crippen LogP contribution < -0.4 is 10.5 Å². The van der Waals surface area contributed by atoms with Crippen molar-refractivity contribution in [1.29, 1.82) is 0 Å². The Balaban J connectivity index is 1.77. The Morgan fingerprint density at radius 3 is 2.08 bits per heavy atom. The zero-order valence-corrected chi connectivity index (χ0v) is 14.0. The van der Waals surface area contributed by atoms with Crippen molar-refractivity contribution in [1.82, 2.24) is 4.90 Å². The number of benzene rings is 2. The molecule has 1 aliphatic rings. The van der Waals surface area contributed by atoms with E-state index in [9.17, 15) is 9.59 Å². The van der Waals surface area contributed by atoms with Crippen LogP contribution in [0.5, 0.6) is 5.75 Å². The summed E-state index contributed by atoms with van der Waals surface area (Å²) in [7, 11) is 0. The second-order valence-electron chi connectivity index (χ2n) is 6.22. The van der Waals surface area contributed by atoms with Crippen LogP contribution in [0, 0.1) is 5.92 Å². The van der Waals surface area contributed by atoms with E-state index in [0.717, 1.165) is 5.56 Å². The lowest BCUT2D eigenvalue weighted by molar-refractivity contribution is -0.141. The van der Waals surface area contributed by atoms with Crippen molar-refractivity contribution in [3.8, 4) is 5.75 Å². The number of nitrogens with two attached hydrogens (primary N) is 1. The van der Waals surface area contributed by atoms with Gasteiger partial charge in [-0.05, 0) is 25.0 Å². The Kier molecular flexibility index (Phi) is 5.33. The normalized spacial score (nSPS) is 16.2. The maximum absolute atomic E-state index is 13.1. The van der Waals surface area contributed by atoms with E-state index in [1.165, 1.54) is 0 Å². The Bertz CT molecular complexity index is 710. The van der Waals surface area contributed by atoms with E-state index in [0.29, 0.717) is 31.7 Å². The number of amides is 2. The average Bonchev–Trinajstić information content (AvgIpc) is 2.67. The molecule has 5 heteroatoms. The highest BCUT2D eigenvalue weighted by atomic mass is 16.5. The molecule has 0 aromatic heterocycles. The van der Waals surface area contributed by atoms with Crippen molar-refractivity contribution in [3.63, 3.8) is 0 Å². The van der Waals surface area contributed by atoms with Gasteiger partial charge in [-0.3, -0.25) is 9.59 Å². The lowest BCUT2D eigenvalue weighted by atomic mass is 9.95. The first kappa shape index (κ1) is 17.0. The SMILES string of the molecule is NC(=O)C1CCN(C(=O)C(Oc2ccccc2)c2ccccc2)CC1. The maximum atomic E-state index is 13.1. The number of carbonyl (C=O) groups is 2. The number of hydrogen-bond donors (Lipinski definition) is 1. The van der Waals surface area contributed by atoms with Gasteiger partial charge in [0, 0.05) is 24.6 Å². The van der Waals surface area contributed by atoms with Crippen LogP contribution in [0.2, 0.25) is 0 Å². The number of para-hydroxylation sites is 1. The summed E-state index contributed by atoms with van der Waals surface area (Å²) in [5.41, 5.74) is 6.19. The molecule has 130 valence electrons. The summed E-state index contributed by atoms with van der Waals surface area (Å²) in [6, 6.07) is 18.8. The lowest BCUT2D eigenvalue weighted by Crippen LogP contribution is -2.44. The predicted molar refractivity (Wildman–Crippen MR) is 94.8 cm³/mol. The van der Waals surface area contributed by atoms with Gasteiger partial charge in [-0.25, -0.2) is 0 Å². The Morgan fingerprint density at radius 2 is 1.52 bits per heavy atom. The fraction of sp³-hybridized carbons (Fsp3) is 0.300. The Morgan fingerprint density at radius 1 is 0.960 bits per heavy atom. The number of carbonyl (C=O) groups excluding carboxylic acids is 2. The highest BCUT2D eigenvalue weighted by molar-refractivity contribution is 5.83. The number of nitrogens with zero attached hydrogens (tertiary/aromatic N) is 1. The number of rotatable bonds is 5. The lowest BCUT2D eigenvalue weighted by Gasteiger charge is -2.33. The fourth-order valence-corrected chi connectivity index (χ4v) is 3.07. The second kappa shape index (κ2) is 7.83. The van der Waals surface area contributed by atoms with Crippen LogP contribution in [0.25, 0.3) is 0 Å². The third-order valence-corrected chi connectivity index (χ3v) is 4.53. The van der Waals surface area contributed by atoms with Gasteiger partial charge in [0.1, 0.15) is 5.75 Å². The Hall–Kier alpha value is -2.82. The van der Waals surface area contributed by atoms with Crippen LogP contribution in [-0.2, 0) is 9.59 Å². The first-order valence-corrected chi connectivity index (χ1v) is 8.50. The van der Waals surface area contributed by atoms with E-state index in [1.807, 2.05) is 60.7 Å². The quantitative estimate of drug-likeness (QED) is 0.910. The summed E-state index contributed by atoms with van der Waals surface area (Å²) in [5, 5.41) is 0. The smallest absolute Gasteiger partial charge is 0.268 e. The molecule has 25 heavy (non-hydrogen) atoms. The molecule has 1 unspecified atom stereocenters. The summed E-state index contributed by atoms with van der Waals surface area (Å²) in [5.74, 6) is 0.135. The summed E-state index contributed by atoms with van der Waals surface area (Å²) < 4.78 is 6.01. The minimum Gasteiger partial charge on any atom is -0.476 e.